The Bertz CT molecular complexity index is 7730. The molecule has 0 fully saturated rings. The summed E-state index contributed by atoms with van der Waals surface area (Å²) in [4.78, 5) is 0. The van der Waals surface area contributed by atoms with Crippen molar-refractivity contribution in [1.29, 1.82) is 0 Å². The molecule has 4 aromatic heterocycles. The zero-order valence-electron chi connectivity index (χ0n) is 64.4. The first-order valence-corrected chi connectivity index (χ1v) is 42.0. The van der Waals surface area contributed by atoms with Crippen LogP contribution < -0.4 is 0 Å². The summed E-state index contributed by atoms with van der Waals surface area (Å²) in [6.45, 7) is 0. The fraction of sp³-hybridized carbons (Fsp3) is 0. The Hall–Kier alpha value is -14.8. The number of aromatic nitrogens is 2. The minimum absolute atomic E-state index is 1.15. The van der Waals surface area contributed by atoms with Crippen molar-refractivity contribution in [3.63, 3.8) is 0 Å². The lowest BCUT2D eigenvalue weighted by atomic mass is 9.91. The Morgan fingerprint density at radius 3 is 0.737 bits per heavy atom. The summed E-state index contributed by atoms with van der Waals surface area (Å²) in [5.41, 5.74) is 34.0. The zero-order chi connectivity index (χ0) is 78.0. The molecule has 2 nitrogen and oxygen atoms in total. The lowest BCUT2D eigenvalue weighted by Gasteiger charge is -2.13. The van der Waals surface area contributed by atoms with Crippen molar-refractivity contribution in [1.82, 2.24) is 9.13 Å². The van der Waals surface area contributed by atoms with Crippen LogP contribution in [0.25, 0.3) is 218 Å². The summed E-state index contributed by atoms with van der Waals surface area (Å²) < 4.78 is 10.1. The van der Waals surface area contributed by atoms with Gasteiger partial charge in [0, 0.05) is 73.3 Å². The number of hydrogen-bond donors (Lipinski definition) is 0. The Balaban J connectivity index is 0.000000143. The molecule has 0 bridgehead atoms. The van der Waals surface area contributed by atoms with E-state index in [9.17, 15) is 0 Å². The highest BCUT2D eigenvalue weighted by molar-refractivity contribution is 7.27. The molecule has 0 spiro atoms. The van der Waals surface area contributed by atoms with E-state index in [0.29, 0.717) is 0 Å². The van der Waals surface area contributed by atoms with E-state index in [1.165, 1.54) is 212 Å². The number of benzene rings is 19. The first-order valence-electron chi connectivity index (χ1n) is 40.4. The van der Waals surface area contributed by atoms with Crippen LogP contribution in [0.3, 0.4) is 0 Å². The SMILES string of the molecule is c1ccc(-c2ccc(-c3cc(-c4ccc5c(c4)c4ccccc4n5-c4ccccc4)cc(-c4cccc5c4sc4c(-c6ccccc6)cccc45)c3)cc2)cc1.c1ccc(-c2cccc(-c3cc(-c4ccc5c(c4)c4cc(-c6ccccc6)ccc4n5-c4ccccc4)cc(-c4cccc5c4sc4c(-c6ccccc6)cccc45)c3)c2)cc1. The maximum atomic E-state index is 2.42. The molecule has 19 aromatic carbocycles. The third-order valence-electron chi connectivity index (χ3n) is 23.6. The van der Waals surface area contributed by atoms with Crippen LogP contribution in [0.4, 0.5) is 0 Å². The fourth-order valence-corrected chi connectivity index (χ4v) is 20.6. The maximum Gasteiger partial charge on any atom is 0.0541 e. The highest BCUT2D eigenvalue weighted by Gasteiger charge is 2.22. The van der Waals surface area contributed by atoms with Crippen LogP contribution in [-0.2, 0) is 0 Å². The number of nitrogens with zero attached hydrogens (tertiary/aromatic N) is 2. The highest BCUT2D eigenvalue weighted by atomic mass is 32.1. The lowest BCUT2D eigenvalue weighted by Crippen LogP contribution is -1.93. The predicted molar refractivity (Wildman–Crippen MR) is 507 cm³/mol. The molecular formula is C114H74N2S2. The van der Waals surface area contributed by atoms with Gasteiger partial charge in [-0.15, -0.1) is 22.7 Å². The van der Waals surface area contributed by atoms with Crippen molar-refractivity contribution in [2.75, 3.05) is 0 Å². The lowest BCUT2D eigenvalue weighted by molar-refractivity contribution is 1.18. The standard InChI is InChI=1S/C60H39NS.C54H35NS/c1-5-16-40(17-6-1)43-22-13-23-44(34-43)47-35-48(37-49(36-47)52-27-15-29-54-53-28-14-26-51(59(53)62-60(52)54)42-20-9-3-10-21-42)46-31-33-58-56(39-46)55-38-45(41-18-7-2-8-19-41)30-32-57(55)61(58)50-24-11-4-12-25-50;1-4-14-36(15-5-1)37-26-28-38(29-27-37)41-32-42(40-30-31-52-50(35-40)47-20-10-11-25-51(47)55(52)44-18-8-3-9-19-44)34-43(33-41)46-22-13-24-49-48-23-12-21-45(53(48)56-54(46)49)39-16-6-2-7-17-39/h1-39H;1-35H. The summed E-state index contributed by atoms with van der Waals surface area (Å²) in [6.07, 6.45) is 0. The van der Waals surface area contributed by atoms with E-state index in [0.717, 1.165) is 5.69 Å². The van der Waals surface area contributed by atoms with Crippen LogP contribution in [-0.4, -0.2) is 9.13 Å². The number of rotatable bonds is 13. The van der Waals surface area contributed by atoms with E-state index < -0.39 is 0 Å². The Labute approximate surface area is 693 Å². The molecule has 4 heterocycles. The molecule has 0 amide bonds. The van der Waals surface area contributed by atoms with Gasteiger partial charge in [-0.2, -0.15) is 0 Å². The van der Waals surface area contributed by atoms with Crippen molar-refractivity contribution < 1.29 is 0 Å². The highest BCUT2D eigenvalue weighted by Crippen LogP contribution is 2.49. The zero-order valence-corrected chi connectivity index (χ0v) is 66.1. The molecule has 0 N–H and O–H groups in total. The third-order valence-corrected chi connectivity index (χ3v) is 26.2. The van der Waals surface area contributed by atoms with Crippen LogP contribution in [0.2, 0.25) is 0 Å². The van der Waals surface area contributed by atoms with Crippen LogP contribution in [0, 0.1) is 0 Å². The van der Waals surface area contributed by atoms with Crippen molar-refractivity contribution in [2.45, 2.75) is 0 Å². The number of para-hydroxylation sites is 3. The topological polar surface area (TPSA) is 9.86 Å². The van der Waals surface area contributed by atoms with E-state index in [1.807, 2.05) is 22.7 Å². The summed E-state index contributed by atoms with van der Waals surface area (Å²) in [6, 6.07) is 164. The van der Waals surface area contributed by atoms with E-state index in [1.54, 1.807) is 0 Å². The molecule has 0 unspecified atom stereocenters. The summed E-state index contributed by atoms with van der Waals surface area (Å²) in [7, 11) is 0. The van der Waals surface area contributed by atoms with Crippen LogP contribution in [0.15, 0.2) is 449 Å². The monoisotopic (exact) mass is 1530 g/mol. The largest absolute Gasteiger partial charge is 0.309 e. The third kappa shape index (κ3) is 12.7. The minimum atomic E-state index is 1.15. The van der Waals surface area contributed by atoms with E-state index in [4.69, 9.17) is 0 Å². The van der Waals surface area contributed by atoms with Crippen LogP contribution in [0.1, 0.15) is 0 Å². The number of fused-ring (bicyclic) bond motifs is 12. The molecule has 0 aliphatic carbocycles. The summed E-state index contributed by atoms with van der Waals surface area (Å²) in [5.74, 6) is 0. The molecule has 118 heavy (non-hydrogen) atoms. The fourth-order valence-electron chi connectivity index (χ4n) is 17.9. The second-order valence-electron chi connectivity index (χ2n) is 30.6. The first-order chi connectivity index (χ1) is 58.5. The second kappa shape index (κ2) is 29.9. The van der Waals surface area contributed by atoms with Crippen molar-refractivity contribution in [3.8, 4) is 134 Å². The summed E-state index contributed by atoms with van der Waals surface area (Å²) >= 11 is 3.82. The molecule has 23 rings (SSSR count). The van der Waals surface area contributed by atoms with E-state index in [-0.39, 0.29) is 0 Å². The second-order valence-corrected chi connectivity index (χ2v) is 32.6. The molecule has 0 saturated carbocycles. The van der Waals surface area contributed by atoms with Gasteiger partial charge in [-0.3, -0.25) is 0 Å². The summed E-state index contributed by atoms with van der Waals surface area (Å²) in [5, 5.41) is 10.2. The minimum Gasteiger partial charge on any atom is -0.309 e. The van der Waals surface area contributed by atoms with E-state index in [2.05, 4.69) is 458 Å². The van der Waals surface area contributed by atoms with Crippen molar-refractivity contribution in [2.24, 2.45) is 0 Å². The van der Waals surface area contributed by atoms with Gasteiger partial charge < -0.3 is 9.13 Å². The van der Waals surface area contributed by atoms with Crippen molar-refractivity contribution >= 4 is 107 Å². The Kier molecular flexibility index (Phi) is 17.7. The van der Waals surface area contributed by atoms with Gasteiger partial charge >= 0.3 is 0 Å². The molecule has 4 heteroatoms. The smallest absolute Gasteiger partial charge is 0.0541 e. The van der Waals surface area contributed by atoms with Crippen LogP contribution in [0.5, 0.6) is 0 Å². The molecule has 552 valence electrons. The Morgan fingerprint density at radius 1 is 0.127 bits per heavy atom. The molecule has 23 aromatic rings. The van der Waals surface area contributed by atoms with Gasteiger partial charge in [0.15, 0.2) is 0 Å². The quantitative estimate of drug-likeness (QED) is 0.109. The van der Waals surface area contributed by atoms with Gasteiger partial charge in [0.2, 0.25) is 0 Å². The molecule has 0 radical (unpaired) electrons. The predicted octanol–water partition coefficient (Wildman–Crippen LogP) is 32.6. The normalized spacial score (nSPS) is 11.6. The number of hydrogen-bond acceptors (Lipinski definition) is 2. The van der Waals surface area contributed by atoms with Crippen molar-refractivity contribution in [3.05, 3.63) is 449 Å². The maximum absolute atomic E-state index is 2.42. The number of thiophene rings is 2. The van der Waals surface area contributed by atoms with Gasteiger partial charge in [0.05, 0.1) is 22.1 Å². The molecule has 0 aliphatic rings. The van der Waals surface area contributed by atoms with Gasteiger partial charge in [-0.25, -0.2) is 0 Å². The van der Waals surface area contributed by atoms with Gasteiger partial charge in [-0.05, 0) is 232 Å². The molecular weight excluding hydrogens is 1460 g/mol. The molecule has 0 atom stereocenters. The van der Waals surface area contributed by atoms with Gasteiger partial charge in [0.1, 0.15) is 0 Å². The molecule has 0 aliphatic heterocycles. The average Bonchev–Trinajstić information content (AvgIpc) is 1.59. The molecule has 0 saturated heterocycles. The first kappa shape index (κ1) is 69.9. The van der Waals surface area contributed by atoms with Gasteiger partial charge in [-0.1, -0.05) is 340 Å². The van der Waals surface area contributed by atoms with Gasteiger partial charge in [0.25, 0.3) is 0 Å². The Morgan fingerprint density at radius 2 is 0.347 bits per heavy atom. The van der Waals surface area contributed by atoms with Crippen LogP contribution >= 0.6 is 22.7 Å². The van der Waals surface area contributed by atoms with E-state index >= 15 is 0 Å². The average molecular weight is 1540 g/mol.